The summed E-state index contributed by atoms with van der Waals surface area (Å²) in [6.45, 7) is 4.32. The molecule has 150 valence electrons. The Labute approximate surface area is 173 Å². The molecule has 3 heterocycles. The number of halogens is 2. The first kappa shape index (κ1) is 21.0. The zero-order valence-corrected chi connectivity index (χ0v) is 17.3. The summed E-state index contributed by atoms with van der Waals surface area (Å²) in [4.78, 5) is 26.3. The third kappa shape index (κ3) is 4.01. The quantitative estimate of drug-likeness (QED) is 0.313. The van der Waals surface area contributed by atoms with Crippen LogP contribution in [0.4, 0.5) is 0 Å². The van der Waals surface area contributed by atoms with Gasteiger partial charge in [0, 0.05) is 16.8 Å². The molecule has 2 aromatic rings. The topological polar surface area (TPSA) is 74.7 Å². The lowest BCUT2D eigenvalue weighted by Gasteiger charge is -2.08. The van der Waals surface area contributed by atoms with Crippen LogP contribution in [-0.4, -0.2) is 36.6 Å². The number of methoxy groups -OCH3 is 1. The van der Waals surface area contributed by atoms with E-state index in [0.717, 1.165) is 27.6 Å². The molecule has 3 atom stereocenters. The van der Waals surface area contributed by atoms with E-state index in [0.29, 0.717) is 17.6 Å². The summed E-state index contributed by atoms with van der Waals surface area (Å²) in [5.74, 6) is -0.913. The smallest absolute Gasteiger partial charge is 0.318 e. The number of hydrogen-bond acceptors (Lipinski definition) is 6. The van der Waals surface area contributed by atoms with Crippen LogP contribution in [0, 0.1) is 5.92 Å². The van der Waals surface area contributed by atoms with E-state index in [2.05, 4.69) is 15.8 Å². The number of pyridine rings is 1. The van der Waals surface area contributed by atoms with Gasteiger partial charge in [0.1, 0.15) is 17.7 Å². The van der Waals surface area contributed by atoms with Crippen LogP contribution >= 0.6 is 23.2 Å². The minimum absolute atomic E-state index is 0.0287. The number of hydrogen-bond donors (Lipinski definition) is 0. The number of esters is 1. The van der Waals surface area contributed by atoms with Gasteiger partial charge in [0.15, 0.2) is 5.78 Å². The van der Waals surface area contributed by atoms with Gasteiger partial charge < -0.3 is 14.2 Å². The summed E-state index contributed by atoms with van der Waals surface area (Å²) in [6, 6.07) is 6.06. The molecule has 1 aromatic heterocycles. The number of carbonyl (C=O) groups excluding carboxylic acids is 2. The highest BCUT2D eigenvalue weighted by Crippen LogP contribution is 2.38. The molecule has 6 nitrogen and oxygen atoms in total. The van der Waals surface area contributed by atoms with Crippen LogP contribution in [0.3, 0.4) is 0 Å². The highest BCUT2D eigenvalue weighted by atomic mass is 35.5. The van der Waals surface area contributed by atoms with Crippen molar-refractivity contribution in [3.63, 3.8) is 0 Å². The Morgan fingerprint density at radius 3 is 2.64 bits per heavy atom. The number of benzene rings is 1. The summed E-state index contributed by atoms with van der Waals surface area (Å²) in [6.07, 6.45) is -0.308. The monoisotopic (exact) mass is 425 g/mol. The number of ketones is 1. The number of rotatable bonds is 2. The molecule has 1 saturated heterocycles. The average molecular weight is 426 g/mol. The number of aromatic nitrogens is 1. The Hall–Kier alpha value is -1.73. The van der Waals surface area contributed by atoms with Gasteiger partial charge in [0.2, 0.25) is 0 Å². The molecule has 3 unspecified atom stereocenters. The minimum atomic E-state index is -0.708. The highest BCUT2D eigenvalue weighted by molar-refractivity contribution is 6.31. The van der Waals surface area contributed by atoms with E-state index in [-0.39, 0.29) is 24.6 Å². The molecule has 0 spiro atoms. The molecule has 1 aromatic carbocycles. The van der Waals surface area contributed by atoms with E-state index in [9.17, 15) is 9.59 Å². The second-order valence-corrected chi connectivity index (χ2v) is 7.34. The lowest BCUT2D eigenvalue weighted by molar-refractivity contribution is -0.149. The standard InChI is InChI=1S/C13H11Cl2NO.C7H10O4/c1-7-12-10(6-17-7)9-3-2-8(5-14)4-11(9)16-13(12)15;1-4-6(7(9)10-2)5(8)3-11-4/h2-4,7H,5-6H2,1H3;4,6H,3H2,1-2H3. The van der Waals surface area contributed by atoms with E-state index in [1.165, 1.54) is 7.11 Å². The van der Waals surface area contributed by atoms with E-state index < -0.39 is 11.9 Å². The third-order valence-electron chi connectivity index (χ3n) is 4.95. The van der Waals surface area contributed by atoms with Crippen molar-refractivity contribution in [1.82, 2.24) is 4.98 Å². The molecule has 8 heteroatoms. The van der Waals surface area contributed by atoms with Crippen molar-refractivity contribution in [2.75, 3.05) is 13.7 Å². The van der Waals surface area contributed by atoms with Crippen LogP contribution < -0.4 is 0 Å². The number of nitrogens with zero attached hydrogens (tertiary/aromatic N) is 1. The largest absolute Gasteiger partial charge is 0.468 e. The Balaban J connectivity index is 0.000000178. The maximum absolute atomic E-state index is 11.0. The van der Waals surface area contributed by atoms with Crippen molar-refractivity contribution in [2.24, 2.45) is 5.92 Å². The summed E-state index contributed by atoms with van der Waals surface area (Å²) >= 11 is 12.0. The first-order valence-electron chi connectivity index (χ1n) is 8.88. The molecule has 0 bridgehead atoms. The summed E-state index contributed by atoms with van der Waals surface area (Å²) in [5.41, 5.74) is 4.13. The Morgan fingerprint density at radius 2 is 2.04 bits per heavy atom. The molecule has 0 amide bonds. The Kier molecular flexibility index (Phi) is 6.55. The van der Waals surface area contributed by atoms with Gasteiger partial charge in [-0.2, -0.15) is 0 Å². The number of Topliss-reactive ketones (excluding diaryl/α,β-unsaturated/α-hetero) is 1. The van der Waals surface area contributed by atoms with Gasteiger partial charge in [0.25, 0.3) is 0 Å². The number of alkyl halides is 1. The second-order valence-electron chi connectivity index (χ2n) is 6.72. The molecule has 1 fully saturated rings. The van der Waals surface area contributed by atoms with E-state index >= 15 is 0 Å². The van der Waals surface area contributed by atoms with Gasteiger partial charge in [-0.1, -0.05) is 23.7 Å². The van der Waals surface area contributed by atoms with Crippen molar-refractivity contribution in [1.29, 1.82) is 0 Å². The van der Waals surface area contributed by atoms with Crippen molar-refractivity contribution in [2.45, 2.75) is 38.5 Å². The molecule has 0 aliphatic carbocycles. The van der Waals surface area contributed by atoms with Crippen LogP contribution in [-0.2, 0) is 36.3 Å². The van der Waals surface area contributed by atoms with Gasteiger partial charge in [-0.25, -0.2) is 4.98 Å². The van der Waals surface area contributed by atoms with Crippen molar-refractivity contribution in [3.05, 3.63) is 40.0 Å². The second kappa shape index (κ2) is 8.74. The molecule has 2 aliphatic heterocycles. The molecule has 0 radical (unpaired) electrons. The summed E-state index contributed by atoms with van der Waals surface area (Å²) in [7, 11) is 1.26. The zero-order valence-electron chi connectivity index (χ0n) is 15.8. The fourth-order valence-corrected chi connectivity index (χ4v) is 3.94. The lowest BCUT2D eigenvalue weighted by atomic mass is 10.0. The third-order valence-corrected chi connectivity index (χ3v) is 5.55. The van der Waals surface area contributed by atoms with Crippen molar-refractivity contribution in [3.8, 4) is 0 Å². The molecular weight excluding hydrogens is 405 g/mol. The first-order valence-corrected chi connectivity index (χ1v) is 9.79. The summed E-state index contributed by atoms with van der Waals surface area (Å²) in [5, 5.41) is 1.66. The highest BCUT2D eigenvalue weighted by Gasteiger charge is 2.39. The van der Waals surface area contributed by atoms with Gasteiger partial charge in [-0.15, -0.1) is 11.6 Å². The average Bonchev–Trinajstić information content (AvgIpc) is 3.24. The van der Waals surface area contributed by atoms with Crippen LogP contribution in [0.5, 0.6) is 0 Å². The lowest BCUT2D eigenvalue weighted by Crippen LogP contribution is -2.28. The molecular formula is C20H21Cl2NO5. The Morgan fingerprint density at radius 1 is 1.29 bits per heavy atom. The SMILES string of the molecule is CC1OCc2c1c(Cl)nc1cc(CCl)ccc21.COC(=O)C1C(=O)COC1C. The summed E-state index contributed by atoms with van der Waals surface area (Å²) < 4.78 is 15.0. The minimum Gasteiger partial charge on any atom is -0.468 e. The normalized spacial score (nSPS) is 23.3. The van der Waals surface area contributed by atoms with E-state index in [1.54, 1.807) is 6.92 Å². The molecule has 0 N–H and O–H groups in total. The number of carbonyl (C=O) groups is 2. The van der Waals surface area contributed by atoms with Crippen LogP contribution in [0.25, 0.3) is 10.9 Å². The van der Waals surface area contributed by atoms with Crippen molar-refractivity contribution >= 4 is 45.9 Å². The predicted octanol–water partition coefficient (Wildman–Crippen LogP) is 3.98. The predicted molar refractivity (Wildman–Crippen MR) is 105 cm³/mol. The van der Waals surface area contributed by atoms with Gasteiger partial charge in [-0.3, -0.25) is 9.59 Å². The fourth-order valence-electron chi connectivity index (χ4n) is 3.42. The van der Waals surface area contributed by atoms with Crippen LogP contribution in [0.1, 0.15) is 36.6 Å². The maximum Gasteiger partial charge on any atom is 0.318 e. The van der Waals surface area contributed by atoms with Gasteiger partial charge in [0.05, 0.1) is 31.4 Å². The fraction of sp³-hybridized carbons (Fsp3) is 0.450. The maximum atomic E-state index is 11.0. The number of fused-ring (bicyclic) bond motifs is 3. The molecule has 2 aliphatic rings. The van der Waals surface area contributed by atoms with Crippen molar-refractivity contribution < 1.29 is 23.8 Å². The van der Waals surface area contributed by atoms with Crippen LogP contribution in [0.15, 0.2) is 18.2 Å². The van der Waals surface area contributed by atoms with Gasteiger partial charge in [-0.05, 0) is 31.0 Å². The molecule has 28 heavy (non-hydrogen) atoms. The molecule has 0 saturated carbocycles. The first-order chi connectivity index (χ1) is 13.4. The molecule has 4 rings (SSSR count). The van der Waals surface area contributed by atoms with Gasteiger partial charge >= 0.3 is 5.97 Å². The zero-order chi connectivity index (χ0) is 20.4. The van der Waals surface area contributed by atoms with E-state index in [4.69, 9.17) is 32.7 Å². The van der Waals surface area contributed by atoms with Crippen LogP contribution in [0.2, 0.25) is 5.15 Å². The Bertz CT molecular complexity index is 917. The van der Waals surface area contributed by atoms with E-state index in [1.807, 2.05) is 19.1 Å². The number of ether oxygens (including phenoxy) is 3.